The van der Waals surface area contributed by atoms with Crippen molar-refractivity contribution in [2.24, 2.45) is 17.6 Å². The Balaban J connectivity index is 1.40. The topological polar surface area (TPSA) is 60.2 Å². The molecule has 0 radical (unpaired) electrons. The van der Waals surface area contributed by atoms with E-state index in [-0.39, 0.29) is 48.1 Å². The van der Waals surface area contributed by atoms with Gasteiger partial charge in [-0.2, -0.15) is 26.3 Å². The van der Waals surface area contributed by atoms with Gasteiger partial charge in [0.1, 0.15) is 11.6 Å². The Kier molecular flexibility index (Phi) is 11.7. The lowest BCUT2D eigenvalue weighted by Gasteiger charge is -2.34. The van der Waals surface area contributed by atoms with Crippen LogP contribution < -0.4 is 5.73 Å². The highest BCUT2D eigenvalue weighted by molar-refractivity contribution is 5.82. The van der Waals surface area contributed by atoms with Crippen LogP contribution in [0.5, 0.6) is 0 Å². The van der Waals surface area contributed by atoms with Crippen LogP contribution in [0.15, 0.2) is 18.2 Å². The summed E-state index contributed by atoms with van der Waals surface area (Å²) in [5, 5.41) is 0. The number of aryl methyl sites for hydroxylation is 1. The molecule has 226 valence electrons. The highest BCUT2D eigenvalue weighted by atomic mass is 19.4. The SMILES string of the molecule is NC1(CC(=O)C2CCCCC(CCCC(=O)CCCc3cc(C(F)(F)F)cc(C(F)(F)F)c3)CC2)CCCCC1. The van der Waals surface area contributed by atoms with Gasteiger partial charge in [-0.05, 0) is 81.0 Å². The van der Waals surface area contributed by atoms with Gasteiger partial charge in [0.25, 0.3) is 0 Å². The van der Waals surface area contributed by atoms with Gasteiger partial charge in [-0.1, -0.05) is 44.9 Å². The Morgan fingerprint density at radius 3 is 2.00 bits per heavy atom. The minimum atomic E-state index is -4.88. The summed E-state index contributed by atoms with van der Waals surface area (Å²) in [6.45, 7) is 0. The second-order valence-corrected chi connectivity index (χ2v) is 12.2. The van der Waals surface area contributed by atoms with Crippen molar-refractivity contribution in [3.05, 3.63) is 34.9 Å². The molecule has 2 saturated carbocycles. The largest absolute Gasteiger partial charge is 0.416 e. The van der Waals surface area contributed by atoms with Crippen molar-refractivity contribution in [1.29, 1.82) is 0 Å². The first kappa shape index (κ1) is 32.6. The Bertz CT molecular complexity index is 949. The molecule has 40 heavy (non-hydrogen) atoms. The Morgan fingerprint density at radius 2 is 1.38 bits per heavy atom. The predicted molar refractivity (Wildman–Crippen MR) is 143 cm³/mol. The number of benzene rings is 1. The molecule has 3 rings (SSSR count). The molecule has 0 bridgehead atoms. The third-order valence-electron chi connectivity index (χ3n) is 8.81. The van der Waals surface area contributed by atoms with Gasteiger partial charge in [0.2, 0.25) is 0 Å². The van der Waals surface area contributed by atoms with E-state index in [1.54, 1.807) is 0 Å². The van der Waals surface area contributed by atoms with E-state index in [0.717, 1.165) is 82.8 Å². The maximum atomic E-state index is 13.1. The van der Waals surface area contributed by atoms with Crippen LogP contribution >= 0.6 is 0 Å². The van der Waals surface area contributed by atoms with Crippen molar-refractivity contribution in [3.8, 4) is 0 Å². The lowest BCUT2D eigenvalue weighted by molar-refractivity contribution is -0.143. The maximum absolute atomic E-state index is 13.1. The summed E-state index contributed by atoms with van der Waals surface area (Å²) < 4.78 is 78.3. The first-order chi connectivity index (χ1) is 18.7. The first-order valence-corrected chi connectivity index (χ1v) is 14.9. The number of nitrogens with two attached hydrogens (primary N) is 1. The number of carbonyl (C=O) groups excluding carboxylic acids is 2. The van der Waals surface area contributed by atoms with E-state index in [1.807, 2.05) is 0 Å². The van der Waals surface area contributed by atoms with Crippen LogP contribution in [0.1, 0.15) is 126 Å². The van der Waals surface area contributed by atoms with Crippen molar-refractivity contribution in [2.75, 3.05) is 0 Å². The molecule has 2 atom stereocenters. The van der Waals surface area contributed by atoms with Crippen LogP contribution in [0.25, 0.3) is 0 Å². The zero-order chi connectivity index (χ0) is 29.4. The molecule has 3 nitrogen and oxygen atoms in total. The number of ketones is 2. The van der Waals surface area contributed by atoms with Crippen LogP contribution in [0.4, 0.5) is 26.3 Å². The van der Waals surface area contributed by atoms with Gasteiger partial charge in [0.05, 0.1) is 11.1 Å². The average Bonchev–Trinajstić information content (AvgIpc) is 2.84. The molecular weight excluding hydrogens is 532 g/mol. The summed E-state index contributed by atoms with van der Waals surface area (Å²) in [6.07, 6.45) is 4.12. The van der Waals surface area contributed by atoms with Crippen molar-refractivity contribution in [1.82, 2.24) is 0 Å². The fourth-order valence-electron chi connectivity index (χ4n) is 6.45. The molecule has 2 fully saturated rings. The predicted octanol–water partition coefficient (Wildman–Crippen LogP) is 8.99. The quantitative estimate of drug-likeness (QED) is 0.268. The monoisotopic (exact) mass is 575 g/mol. The third-order valence-corrected chi connectivity index (χ3v) is 8.81. The molecule has 0 saturated heterocycles. The second kappa shape index (κ2) is 14.3. The minimum absolute atomic E-state index is 0.0253. The van der Waals surface area contributed by atoms with E-state index in [0.29, 0.717) is 31.0 Å². The van der Waals surface area contributed by atoms with Gasteiger partial charge in [0, 0.05) is 30.7 Å². The molecule has 0 heterocycles. The number of Topliss-reactive ketones (excluding diaryl/α,β-unsaturated/α-hetero) is 2. The molecule has 1 aromatic carbocycles. The van der Waals surface area contributed by atoms with Crippen molar-refractivity contribution in [2.45, 2.75) is 133 Å². The molecule has 2 N–H and O–H groups in total. The molecule has 0 aromatic heterocycles. The van der Waals surface area contributed by atoms with Crippen LogP contribution in [-0.4, -0.2) is 17.1 Å². The fraction of sp³-hybridized carbons (Fsp3) is 0.742. The summed E-state index contributed by atoms with van der Waals surface area (Å²) in [5.41, 5.74) is 3.46. The molecule has 9 heteroatoms. The molecule has 2 aliphatic rings. The van der Waals surface area contributed by atoms with E-state index < -0.39 is 23.5 Å². The van der Waals surface area contributed by atoms with Gasteiger partial charge >= 0.3 is 12.4 Å². The molecule has 2 aliphatic carbocycles. The Hall–Kier alpha value is -1.90. The van der Waals surface area contributed by atoms with Crippen LogP contribution in [0.2, 0.25) is 0 Å². The van der Waals surface area contributed by atoms with E-state index >= 15 is 0 Å². The summed E-state index contributed by atoms with van der Waals surface area (Å²) in [4.78, 5) is 25.4. The first-order valence-electron chi connectivity index (χ1n) is 14.9. The molecular formula is C31H43F6NO2. The van der Waals surface area contributed by atoms with E-state index in [9.17, 15) is 35.9 Å². The molecule has 0 amide bonds. The van der Waals surface area contributed by atoms with Crippen molar-refractivity contribution >= 4 is 11.6 Å². The summed E-state index contributed by atoms with van der Waals surface area (Å²) >= 11 is 0. The second-order valence-electron chi connectivity index (χ2n) is 12.2. The van der Waals surface area contributed by atoms with Gasteiger partial charge < -0.3 is 5.73 Å². The third kappa shape index (κ3) is 10.5. The lowest BCUT2D eigenvalue weighted by Crippen LogP contribution is -2.44. The molecule has 0 spiro atoms. The Morgan fingerprint density at radius 1 is 0.775 bits per heavy atom. The van der Waals surface area contributed by atoms with Crippen LogP contribution in [-0.2, 0) is 28.4 Å². The zero-order valence-electron chi connectivity index (χ0n) is 23.3. The lowest BCUT2D eigenvalue weighted by atomic mass is 9.75. The molecule has 1 aromatic rings. The van der Waals surface area contributed by atoms with Gasteiger partial charge in [-0.3, -0.25) is 9.59 Å². The maximum Gasteiger partial charge on any atom is 0.416 e. The zero-order valence-corrected chi connectivity index (χ0v) is 23.3. The standard InChI is InChI=1S/C31H43F6NO2/c32-30(33,34)25-18-23(19-26(20-25)31(35,36)37)10-7-13-27(39)12-6-9-22-8-2-3-11-24(15-14-22)28(40)21-29(38)16-4-1-5-17-29/h18-20,22,24H,1-17,21,38H2. The molecule has 0 aliphatic heterocycles. The highest BCUT2D eigenvalue weighted by Gasteiger charge is 2.37. The van der Waals surface area contributed by atoms with Crippen molar-refractivity contribution in [3.63, 3.8) is 0 Å². The number of carbonyl (C=O) groups is 2. The number of halogens is 6. The molecule has 2 unspecified atom stereocenters. The van der Waals surface area contributed by atoms with Gasteiger partial charge in [0.15, 0.2) is 0 Å². The van der Waals surface area contributed by atoms with E-state index in [4.69, 9.17) is 5.73 Å². The average molecular weight is 576 g/mol. The highest BCUT2D eigenvalue weighted by Crippen LogP contribution is 2.37. The summed E-state index contributed by atoms with van der Waals surface area (Å²) in [5.74, 6) is 0.808. The number of rotatable bonds is 11. The van der Waals surface area contributed by atoms with Crippen molar-refractivity contribution < 1.29 is 35.9 Å². The number of hydrogen-bond acceptors (Lipinski definition) is 3. The minimum Gasteiger partial charge on any atom is -0.325 e. The van der Waals surface area contributed by atoms with Gasteiger partial charge in [-0.15, -0.1) is 0 Å². The van der Waals surface area contributed by atoms with E-state index in [1.165, 1.54) is 6.42 Å². The van der Waals surface area contributed by atoms with E-state index in [2.05, 4.69) is 0 Å². The number of alkyl halides is 6. The smallest absolute Gasteiger partial charge is 0.325 e. The van der Waals surface area contributed by atoms with Crippen LogP contribution in [0.3, 0.4) is 0 Å². The summed E-state index contributed by atoms with van der Waals surface area (Å²) in [6, 6.07) is 1.58. The van der Waals surface area contributed by atoms with Crippen LogP contribution in [0, 0.1) is 11.8 Å². The fourth-order valence-corrected chi connectivity index (χ4v) is 6.45. The summed E-state index contributed by atoms with van der Waals surface area (Å²) in [7, 11) is 0. The normalized spacial score (nSPS) is 22.4. The van der Waals surface area contributed by atoms with Gasteiger partial charge in [-0.25, -0.2) is 0 Å². The Labute approximate surface area is 233 Å². The number of hydrogen-bond donors (Lipinski definition) is 1.